The van der Waals surface area contributed by atoms with Crippen molar-refractivity contribution in [2.45, 2.75) is 6.92 Å². The molecule has 0 fully saturated rings. The van der Waals surface area contributed by atoms with Crippen molar-refractivity contribution in [1.82, 2.24) is 5.32 Å². The van der Waals surface area contributed by atoms with Crippen LogP contribution in [0, 0.1) is 12.7 Å². The molecule has 2 N–H and O–H groups in total. The Kier molecular flexibility index (Phi) is 6.74. The lowest BCUT2D eigenvalue weighted by Crippen LogP contribution is -2.31. The Balaban J connectivity index is 1.86. The van der Waals surface area contributed by atoms with Crippen LogP contribution in [-0.2, 0) is 9.59 Å². The highest BCUT2D eigenvalue weighted by atomic mass is 35.5. The standard InChI is InChI=1S/C19H18ClFN2O3/c1-12-3-6-16(14(20)9-12)23-19(25)11-22-18(24)8-5-13-4-7-17(26-2)15(21)10-13/h3-10H,11H2,1-2H3,(H,22,24)(H,23,25). The summed E-state index contributed by atoms with van der Waals surface area (Å²) in [6, 6.07) is 9.55. The number of carbonyl (C=O) groups is 2. The van der Waals surface area contributed by atoms with E-state index >= 15 is 0 Å². The average Bonchev–Trinajstić information content (AvgIpc) is 2.60. The number of benzene rings is 2. The molecule has 26 heavy (non-hydrogen) atoms. The number of methoxy groups -OCH3 is 1. The van der Waals surface area contributed by atoms with Crippen molar-refractivity contribution in [3.05, 3.63) is 64.4 Å². The number of ether oxygens (including phenoxy) is 1. The first-order valence-corrected chi connectivity index (χ1v) is 8.12. The number of rotatable bonds is 6. The molecule has 0 saturated heterocycles. The summed E-state index contributed by atoms with van der Waals surface area (Å²) in [6.07, 6.45) is 2.65. The van der Waals surface area contributed by atoms with Gasteiger partial charge in [-0.3, -0.25) is 9.59 Å². The molecule has 0 bridgehead atoms. The largest absolute Gasteiger partial charge is 0.494 e. The Labute approximate surface area is 155 Å². The molecule has 2 aromatic rings. The van der Waals surface area contributed by atoms with E-state index < -0.39 is 17.6 Å². The highest BCUT2D eigenvalue weighted by Gasteiger charge is 2.07. The van der Waals surface area contributed by atoms with Gasteiger partial charge in [-0.1, -0.05) is 23.7 Å². The highest BCUT2D eigenvalue weighted by Crippen LogP contribution is 2.22. The molecule has 2 aromatic carbocycles. The third kappa shape index (κ3) is 5.60. The number of anilines is 1. The van der Waals surface area contributed by atoms with Gasteiger partial charge < -0.3 is 15.4 Å². The molecule has 0 atom stereocenters. The van der Waals surface area contributed by atoms with Gasteiger partial charge in [0.15, 0.2) is 11.6 Å². The summed E-state index contributed by atoms with van der Waals surface area (Å²) in [5, 5.41) is 5.48. The molecule has 0 aliphatic rings. The third-order valence-corrected chi connectivity index (χ3v) is 3.74. The second-order valence-corrected chi connectivity index (χ2v) is 5.88. The van der Waals surface area contributed by atoms with E-state index in [0.717, 1.165) is 5.56 Å². The van der Waals surface area contributed by atoms with Crippen LogP contribution in [0.4, 0.5) is 10.1 Å². The van der Waals surface area contributed by atoms with Crippen LogP contribution in [-0.4, -0.2) is 25.5 Å². The molecule has 0 aliphatic heterocycles. The Hall–Kier alpha value is -2.86. The van der Waals surface area contributed by atoms with Crippen LogP contribution in [0.15, 0.2) is 42.5 Å². The molecule has 7 heteroatoms. The van der Waals surface area contributed by atoms with Crippen molar-refractivity contribution < 1.29 is 18.7 Å². The van der Waals surface area contributed by atoms with E-state index in [9.17, 15) is 14.0 Å². The van der Waals surface area contributed by atoms with Crippen LogP contribution in [0.1, 0.15) is 11.1 Å². The molecule has 5 nitrogen and oxygen atoms in total. The number of nitrogens with one attached hydrogen (secondary N) is 2. The number of halogens is 2. The second kappa shape index (κ2) is 9.01. The molecular weight excluding hydrogens is 359 g/mol. The van der Waals surface area contributed by atoms with E-state index in [0.29, 0.717) is 16.3 Å². The predicted octanol–water partition coefficient (Wildman–Crippen LogP) is 3.56. The minimum atomic E-state index is -0.524. The summed E-state index contributed by atoms with van der Waals surface area (Å²) in [7, 11) is 1.37. The van der Waals surface area contributed by atoms with Crippen LogP contribution in [0.2, 0.25) is 5.02 Å². The minimum absolute atomic E-state index is 0.123. The van der Waals surface area contributed by atoms with Gasteiger partial charge in [-0.25, -0.2) is 4.39 Å². The van der Waals surface area contributed by atoms with Gasteiger partial charge in [0, 0.05) is 6.08 Å². The smallest absolute Gasteiger partial charge is 0.244 e. The summed E-state index contributed by atoms with van der Waals surface area (Å²) in [6.45, 7) is 1.67. The molecule has 0 spiro atoms. The van der Waals surface area contributed by atoms with Gasteiger partial charge in [-0.15, -0.1) is 0 Å². The normalized spacial score (nSPS) is 10.6. The minimum Gasteiger partial charge on any atom is -0.494 e. The molecule has 0 radical (unpaired) electrons. The zero-order valence-electron chi connectivity index (χ0n) is 14.3. The summed E-state index contributed by atoms with van der Waals surface area (Å²) < 4.78 is 18.4. The molecule has 2 rings (SSSR count). The number of hydrogen-bond acceptors (Lipinski definition) is 3. The molecule has 0 heterocycles. The van der Waals surface area contributed by atoms with Crippen molar-refractivity contribution in [2.75, 3.05) is 19.0 Å². The summed E-state index contributed by atoms with van der Waals surface area (Å²) in [5.41, 5.74) is 1.94. The lowest BCUT2D eigenvalue weighted by molar-refractivity contribution is -0.121. The van der Waals surface area contributed by atoms with Crippen molar-refractivity contribution in [3.8, 4) is 5.75 Å². The van der Waals surface area contributed by atoms with Gasteiger partial charge in [-0.05, 0) is 48.4 Å². The van der Waals surface area contributed by atoms with Crippen molar-refractivity contribution in [1.29, 1.82) is 0 Å². The first kappa shape index (κ1) is 19.5. The number of carbonyl (C=O) groups excluding carboxylic acids is 2. The Morgan fingerprint density at radius 1 is 1.23 bits per heavy atom. The van der Waals surface area contributed by atoms with E-state index in [1.54, 1.807) is 18.2 Å². The number of aryl methyl sites for hydroxylation is 1. The zero-order valence-corrected chi connectivity index (χ0v) is 15.1. The number of hydrogen-bond donors (Lipinski definition) is 2. The molecule has 0 unspecified atom stereocenters. The van der Waals surface area contributed by atoms with Gasteiger partial charge in [0.2, 0.25) is 11.8 Å². The highest BCUT2D eigenvalue weighted by molar-refractivity contribution is 6.33. The molecule has 136 valence electrons. The topological polar surface area (TPSA) is 67.4 Å². The van der Waals surface area contributed by atoms with Crippen LogP contribution < -0.4 is 15.4 Å². The molecule has 2 amide bonds. The lowest BCUT2D eigenvalue weighted by atomic mass is 10.2. The van der Waals surface area contributed by atoms with Gasteiger partial charge in [0.05, 0.1) is 24.4 Å². The Morgan fingerprint density at radius 2 is 2.00 bits per heavy atom. The van der Waals surface area contributed by atoms with E-state index in [1.807, 2.05) is 13.0 Å². The van der Waals surface area contributed by atoms with Crippen LogP contribution in [0.3, 0.4) is 0 Å². The van der Waals surface area contributed by atoms with Crippen molar-refractivity contribution in [3.63, 3.8) is 0 Å². The quantitative estimate of drug-likeness (QED) is 0.757. The van der Waals surface area contributed by atoms with Crippen LogP contribution in [0.5, 0.6) is 5.75 Å². The van der Waals surface area contributed by atoms with Crippen LogP contribution >= 0.6 is 11.6 Å². The van der Waals surface area contributed by atoms with E-state index in [-0.39, 0.29) is 12.3 Å². The average molecular weight is 377 g/mol. The van der Waals surface area contributed by atoms with Gasteiger partial charge in [0.1, 0.15) is 0 Å². The van der Waals surface area contributed by atoms with Crippen LogP contribution in [0.25, 0.3) is 6.08 Å². The molecule has 0 aromatic heterocycles. The maximum absolute atomic E-state index is 13.6. The van der Waals surface area contributed by atoms with Crippen molar-refractivity contribution in [2.24, 2.45) is 0 Å². The summed E-state index contributed by atoms with van der Waals surface area (Å²) in [5.74, 6) is -1.29. The zero-order chi connectivity index (χ0) is 19.1. The SMILES string of the molecule is COc1ccc(C=CC(=O)NCC(=O)Nc2ccc(C)cc2Cl)cc1F. The first-order chi connectivity index (χ1) is 12.4. The molecular formula is C19H18ClFN2O3. The van der Waals surface area contributed by atoms with E-state index in [1.165, 1.54) is 31.4 Å². The second-order valence-electron chi connectivity index (χ2n) is 5.48. The maximum atomic E-state index is 13.6. The Bertz CT molecular complexity index is 853. The third-order valence-electron chi connectivity index (χ3n) is 3.42. The van der Waals surface area contributed by atoms with Gasteiger partial charge in [-0.2, -0.15) is 0 Å². The summed E-state index contributed by atoms with van der Waals surface area (Å²) >= 11 is 6.04. The monoisotopic (exact) mass is 376 g/mol. The summed E-state index contributed by atoms with van der Waals surface area (Å²) in [4.78, 5) is 23.6. The predicted molar refractivity (Wildman–Crippen MR) is 99.8 cm³/mol. The maximum Gasteiger partial charge on any atom is 0.244 e. The van der Waals surface area contributed by atoms with E-state index in [2.05, 4.69) is 10.6 Å². The Morgan fingerprint density at radius 3 is 2.65 bits per heavy atom. The molecule has 0 saturated carbocycles. The van der Waals surface area contributed by atoms with Gasteiger partial charge in [0.25, 0.3) is 0 Å². The fourth-order valence-electron chi connectivity index (χ4n) is 2.10. The molecule has 0 aliphatic carbocycles. The fraction of sp³-hybridized carbons (Fsp3) is 0.158. The lowest BCUT2D eigenvalue weighted by Gasteiger charge is -2.08. The van der Waals surface area contributed by atoms with Gasteiger partial charge >= 0.3 is 0 Å². The number of amides is 2. The first-order valence-electron chi connectivity index (χ1n) is 7.74. The van der Waals surface area contributed by atoms with E-state index in [4.69, 9.17) is 16.3 Å². The fourth-order valence-corrected chi connectivity index (χ4v) is 2.38. The van der Waals surface area contributed by atoms with Crippen molar-refractivity contribution >= 4 is 35.2 Å².